The standard InChI is InChI=1S/C16H22N2O/c1-12-5-4-6-15(9-12)7-8-16(19)18-10-13(2)17-14(3)11-18/h4-9,13-14,17H,10-11H2,1-3H3. The van der Waals surface area contributed by atoms with Crippen molar-refractivity contribution in [1.82, 2.24) is 10.2 Å². The van der Waals surface area contributed by atoms with Crippen LogP contribution < -0.4 is 5.32 Å². The van der Waals surface area contributed by atoms with E-state index in [2.05, 4.69) is 38.2 Å². The third kappa shape index (κ3) is 3.93. The number of hydrogen-bond acceptors (Lipinski definition) is 2. The zero-order valence-corrected chi connectivity index (χ0v) is 11.9. The minimum absolute atomic E-state index is 0.0988. The van der Waals surface area contributed by atoms with E-state index in [1.165, 1.54) is 5.56 Å². The molecule has 19 heavy (non-hydrogen) atoms. The molecule has 2 unspecified atom stereocenters. The summed E-state index contributed by atoms with van der Waals surface area (Å²) in [6, 6.07) is 8.87. The van der Waals surface area contributed by atoms with Crippen molar-refractivity contribution in [2.45, 2.75) is 32.9 Å². The van der Waals surface area contributed by atoms with Gasteiger partial charge >= 0.3 is 0 Å². The monoisotopic (exact) mass is 258 g/mol. The first-order chi connectivity index (χ1) is 9.04. The van der Waals surface area contributed by atoms with Crippen LogP contribution >= 0.6 is 0 Å². The average molecular weight is 258 g/mol. The molecule has 1 aliphatic rings. The first-order valence-corrected chi connectivity index (χ1v) is 6.84. The van der Waals surface area contributed by atoms with Crippen LogP contribution in [-0.2, 0) is 4.79 Å². The first kappa shape index (κ1) is 13.8. The maximum atomic E-state index is 12.2. The highest BCUT2D eigenvalue weighted by Crippen LogP contribution is 2.08. The normalized spacial score (nSPS) is 23.8. The number of carbonyl (C=O) groups is 1. The highest BCUT2D eigenvalue weighted by Gasteiger charge is 2.23. The van der Waals surface area contributed by atoms with Crippen molar-refractivity contribution in [2.24, 2.45) is 0 Å². The largest absolute Gasteiger partial charge is 0.336 e. The minimum atomic E-state index is 0.0988. The number of nitrogens with zero attached hydrogens (tertiary/aromatic N) is 1. The van der Waals surface area contributed by atoms with E-state index in [4.69, 9.17) is 0 Å². The zero-order valence-electron chi connectivity index (χ0n) is 11.9. The first-order valence-electron chi connectivity index (χ1n) is 6.84. The Hall–Kier alpha value is -1.61. The lowest BCUT2D eigenvalue weighted by Gasteiger charge is -2.35. The van der Waals surface area contributed by atoms with Crippen LogP contribution in [0.2, 0.25) is 0 Å². The van der Waals surface area contributed by atoms with E-state index in [1.807, 2.05) is 23.1 Å². The number of hydrogen-bond donors (Lipinski definition) is 1. The molecule has 1 heterocycles. The summed E-state index contributed by atoms with van der Waals surface area (Å²) in [6.07, 6.45) is 3.58. The van der Waals surface area contributed by atoms with Crippen LogP contribution in [0, 0.1) is 6.92 Å². The number of nitrogens with one attached hydrogen (secondary N) is 1. The quantitative estimate of drug-likeness (QED) is 0.825. The predicted octanol–water partition coefficient (Wildman–Crippen LogP) is 2.22. The molecule has 0 aliphatic carbocycles. The van der Waals surface area contributed by atoms with E-state index >= 15 is 0 Å². The van der Waals surface area contributed by atoms with Gasteiger partial charge < -0.3 is 10.2 Å². The van der Waals surface area contributed by atoms with Crippen LogP contribution in [0.25, 0.3) is 6.08 Å². The summed E-state index contributed by atoms with van der Waals surface area (Å²) in [4.78, 5) is 14.1. The molecule has 1 aromatic carbocycles. The lowest BCUT2D eigenvalue weighted by Crippen LogP contribution is -2.55. The van der Waals surface area contributed by atoms with Gasteiger partial charge in [0.2, 0.25) is 5.91 Å². The lowest BCUT2D eigenvalue weighted by atomic mass is 10.1. The maximum absolute atomic E-state index is 12.2. The van der Waals surface area contributed by atoms with Crippen molar-refractivity contribution in [2.75, 3.05) is 13.1 Å². The molecule has 1 aliphatic heterocycles. The maximum Gasteiger partial charge on any atom is 0.246 e. The van der Waals surface area contributed by atoms with Gasteiger partial charge in [0, 0.05) is 31.2 Å². The smallest absolute Gasteiger partial charge is 0.246 e. The second kappa shape index (κ2) is 6.02. The Labute approximate surface area is 115 Å². The summed E-state index contributed by atoms with van der Waals surface area (Å²) >= 11 is 0. The van der Waals surface area contributed by atoms with Crippen molar-refractivity contribution in [1.29, 1.82) is 0 Å². The Bertz CT molecular complexity index is 471. The number of amides is 1. The Balaban J connectivity index is 2.00. The molecule has 2 rings (SSSR count). The van der Waals surface area contributed by atoms with Gasteiger partial charge in [0.15, 0.2) is 0 Å². The minimum Gasteiger partial charge on any atom is -0.336 e. The molecule has 0 radical (unpaired) electrons. The lowest BCUT2D eigenvalue weighted by molar-refractivity contribution is -0.127. The van der Waals surface area contributed by atoms with Crippen molar-refractivity contribution < 1.29 is 4.79 Å². The molecule has 1 amide bonds. The molecule has 2 atom stereocenters. The third-order valence-corrected chi connectivity index (χ3v) is 3.33. The molecule has 0 aromatic heterocycles. The van der Waals surface area contributed by atoms with Crippen molar-refractivity contribution in [3.63, 3.8) is 0 Å². The molecule has 1 aromatic rings. The fourth-order valence-electron chi connectivity index (χ4n) is 2.55. The second-order valence-electron chi connectivity index (χ2n) is 5.46. The molecule has 0 spiro atoms. The second-order valence-corrected chi connectivity index (χ2v) is 5.46. The van der Waals surface area contributed by atoms with Gasteiger partial charge in [0.25, 0.3) is 0 Å². The number of rotatable bonds is 2. The Morgan fingerprint density at radius 3 is 2.63 bits per heavy atom. The van der Waals surface area contributed by atoms with Gasteiger partial charge in [0.05, 0.1) is 0 Å². The molecule has 1 N–H and O–H groups in total. The number of carbonyl (C=O) groups excluding carboxylic acids is 1. The van der Waals surface area contributed by atoms with E-state index in [9.17, 15) is 4.79 Å². The van der Waals surface area contributed by atoms with Crippen molar-refractivity contribution >= 4 is 12.0 Å². The zero-order chi connectivity index (χ0) is 13.8. The van der Waals surface area contributed by atoms with Gasteiger partial charge in [-0.2, -0.15) is 0 Å². The van der Waals surface area contributed by atoms with Crippen LogP contribution in [0.5, 0.6) is 0 Å². The van der Waals surface area contributed by atoms with Crippen molar-refractivity contribution in [3.8, 4) is 0 Å². The topological polar surface area (TPSA) is 32.3 Å². The van der Waals surface area contributed by atoms with Gasteiger partial charge in [-0.25, -0.2) is 0 Å². The molecule has 0 saturated carbocycles. The predicted molar refractivity (Wildman–Crippen MR) is 78.9 cm³/mol. The molecule has 1 saturated heterocycles. The summed E-state index contributed by atoms with van der Waals surface area (Å²) in [5, 5.41) is 3.43. The SMILES string of the molecule is Cc1cccc(C=CC(=O)N2CC(C)NC(C)C2)c1. The molecular formula is C16H22N2O. The molecule has 3 nitrogen and oxygen atoms in total. The van der Waals surface area contributed by atoms with Crippen LogP contribution in [0.4, 0.5) is 0 Å². The summed E-state index contributed by atoms with van der Waals surface area (Å²) in [5.74, 6) is 0.0988. The van der Waals surface area contributed by atoms with Gasteiger partial charge in [-0.1, -0.05) is 29.8 Å². The van der Waals surface area contributed by atoms with E-state index in [1.54, 1.807) is 6.08 Å². The Morgan fingerprint density at radius 1 is 1.32 bits per heavy atom. The number of aryl methyl sites for hydroxylation is 1. The summed E-state index contributed by atoms with van der Waals surface area (Å²) in [7, 11) is 0. The molecule has 1 fully saturated rings. The van der Waals surface area contributed by atoms with Crippen molar-refractivity contribution in [3.05, 3.63) is 41.5 Å². The van der Waals surface area contributed by atoms with Gasteiger partial charge in [-0.3, -0.25) is 4.79 Å². The van der Waals surface area contributed by atoms with Gasteiger partial charge in [-0.05, 0) is 32.4 Å². The molecule has 0 bridgehead atoms. The summed E-state index contributed by atoms with van der Waals surface area (Å²) < 4.78 is 0. The summed E-state index contributed by atoms with van der Waals surface area (Å²) in [5.41, 5.74) is 2.28. The summed E-state index contributed by atoms with van der Waals surface area (Å²) in [6.45, 7) is 7.84. The fourth-order valence-corrected chi connectivity index (χ4v) is 2.55. The number of piperazine rings is 1. The highest BCUT2D eigenvalue weighted by molar-refractivity contribution is 5.91. The van der Waals surface area contributed by atoms with Crippen LogP contribution in [0.1, 0.15) is 25.0 Å². The van der Waals surface area contributed by atoms with Gasteiger partial charge in [0.1, 0.15) is 0 Å². The Morgan fingerprint density at radius 2 is 2.00 bits per heavy atom. The van der Waals surface area contributed by atoms with E-state index in [-0.39, 0.29) is 5.91 Å². The Kier molecular flexibility index (Phi) is 4.38. The third-order valence-electron chi connectivity index (χ3n) is 3.33. The van der Waals surface area contributed by atoms with Crippen LogP contribution in [-0.4, -0.2) is 36.0 Å². The van der Waals surface area contributed by atoms with E-state index in [0.717, 1.165) is 18.7 Å². The average Bonchev–Trinajstić information content (AvgIpc) is 2.35. The van der Waals surface area contributed by atoms with E-state index in [0.29, 0.717) is 12.1 Å². The van der Waals surface area contributed by atoms with Crippen LogP contribution in [0.15, 0.2) is 30.3 Å². The number of benzene rings is 1. The van der Waals surface area contributed by atoms with Crippen LogP contribution in [0.3, 0.4) is 0 Å². The highest BCUT2D eigenvalue weighted by atomic mass is 16.2. The van der Waals surface area contributed by atoms with E-state index < -0.39 is 0 Å². The van der Waals surface area contributed by atoms with Gasteiger partial charge in [-0.15, -0.1) is 0 Å². The molecule has 3 heteroatoms. The molecular weight excluding hydrogens is 236 g/mol. The fraction of sp³-hybridized carbons (Fsp3) is 0.438. The molecule has 102 valence electrons.